The minimum absolute atomic E-state index is 0.00193. The van der Waals surface area contributed by atoms with Crippen molar-refractivity contribution in [2.24, 2.45) is 5.92 Å². The molecule has 1 atom stereocenters. The lowest BCUT2D eigenvalue weighted by molar-refractivity contribution is -0.145. The second kappa shape index (κ2) is 6.46. The number of piperidine rings is 1. The standard InChI is InChI=1S/C18H21FN2O4/c1-11-8-13(19)3-2-12(11)9-16(23)21-6-4-18(5-7-21)14(17(24)25)10-15(22)20-18/h2-3,8,14H,4-7,9-10H2,1H3,(H,20,22)(H,24,25)/t14-/m0/s1. The third-order valence-electron chi connectivity index (χ3n) is 5.40. The average molecular weight is 348 g/mol. The largest absolute Gasteiger partial charge is 0.481 e. The van der Waals surface area contributed by atoms with Crippen LogP contribution in [-0.2, 0) is 20.8 Å². The van der Waals surface area contributed by atoms with Crippen LogP contribution in [0.15, 0.2) is 18.2 Å². The summed E-state index contributed by atoms with van der Waals surface area (Å²) >= 11 is 0. The molecular formula is C18H21FN2O4. The summed E-state index contributed by atoms with van der Waals surface area (Å²) in [6.07, 6.45) is 1.06. The number of rotatable bonds is 3. The highest BCUT2D eigenvalue weighted by atomic mass is 19.1. The van der Waals surface area contributed by atoms with Gasteiger partial charge >= 0.3 is 5.97 Å². The van der Waals surface area contributed by atoms with Crippen molar-refractivity contribution in [2.45, 2.75) is 38.1 Å². The fourth-order valence-electron chi connectivity index (χ4n) is 3.88. The number of aryl methyl sites for hydroxylation is 1. The Hall–Kier alpha value is -2.44. The van der Waals surface area contributed by atoms with Gasteiger partial charge in [0.2, 0.25) is 11.8 Å². The zero-order valence-electron chi connectivity index (χ0n) is 14.0. The molecule has 2 aliphatic rings. The highest BCUT2D eigenvalue weighted by molar-refractivity contribution is 5.88. The Labute approximate surface area is 145 Å². The average Bonchev–Trinajstić information content (AvgIpc) is 2.87. The van der Waals surface area contributed by atoms with Crippen LogP contribution in [0.25, 0.3) is 0 Å². The van der Waals surface area contributed by atoms with Gasteiger partial charge in [-0.15, -0.1) is 0 Å². The number of benzene rings is 1. The maximum absolute atomic E-state index is 13.2. The van der Waals surface area contributed by atoms with Gasteiger partial charge in [-0.05, 0) is 43.0 Å². The van der Waals surface area contributed by atoms with Crippen LogP contribution in [0.4, 0.5) is 4.39 Å². The van der Waals surface area contributed by atoms with Gasteiger partial charge in [0.1, 0.15) is 5.82 Å². The molecule has 0 aliphatic carbocycles. The molecule has 0 saturated carbocycles. The third-order valence-corrected chi connectivity index (χ3v) is 5.40. The zero-order chi connectivity index (χ0) is 18.2. The fraction of sp³-hybridized carbons (Fsp3) is 0.500. The lowest BCUT2D eigenvalue weighted by Crippen LogP contribution is -2.56. The van der Waals surface area contributed by atoms with Crippen LogP contribution in [-0.4, -0.2) is 46.4 Å². The van der Waals surface area contributed by atoms with Gasteiger partial charge in [0.15, 0.2) is 0 Å². The van der Waals surface area contributed by atoms with Gasteiger partial charge in [0.05, 0.1) is 17.9 Å². The van der Waals surface area contributed by atoms with Crippen molar-refractivity contribution in [3.8, 4) is 0 Å². The van der Waals surface area contributed by atoms with E-state index >= 15 is 0 Å². The Bertz CT molecular complexity index is 726. The number of carbonyl (C=O) groups is 3. The van der Waals surface area contributed by atoms with Crippen molar-refractivity contribution in [3.05, 3.63) is 35.1 Å². The predicted octanol–water partition coefficient (Wildman–Crippen LogP) is 1.26. The van der Waals surface area contributed by atoms with Crippen LogP contribution in [0.2, 0.25) is 0 Å². The number of nitrogens with one attached hydrogen (secondary N) is 1. The minimum Gasteiger partial charge on any atom is -0.481 e. The van der Waals surface area contributed by atoms with Gasteiger partial charge in [0, 0.05) is 19.5 Å². The number of likely N-dealkylation sites (tertiary alicyclic amines) is 1. The summed E-state index contributed by atoms with van der Waals surface area (Å²) in [7, 11) is 0. The summed E-state index contributed by atoms with van der Waals surface area (Å²) in [6, 6.07) is 4.36. The molecule has 3 rings (SSSR count). The first kappa shape index (κ1) is 17.4. The van der Waals surface area contributed by atoms with E-state index in [9.17, 15) is 23.9 Å². The molecule has 2 saturated heterocycles. The van der Waals surface area contributed by atoms with Crippen molar-refractivity contribution < 1.29 is 23.9 Å². The van der Waals surface area contributed by atoms with Crippen LogP contribution < -0.4 is 5.32 Å². The molecule has 0 unspecified atom stereocenters. The van der Waals surface area contributed by atoms with E-state index in [1.54, 1.807) is 17.9 Å². The summed E-state index contributed by atoms with van der Waals surface area (Å²) in [5.41, 5.74) is 0.769. The molecule has 1 spiro atoms. The minimum atomic E-state index is -0.972. The van der Waals surface area contributed by atoms with Crippen molar-refractivity contribution in [3.63, 3.8) is 0 Å². The Morgan fingerprint density at radius 1 is 1.36 bits per heavy atom. The lowest BCUT2D eigenvalue weighted by atomic mass is 9.77. The van der Waals surface area contributed by atoms with E-state index in [0.29, 0.717) is 25.9 Å². The molecule has 7 heteroatoms. The van der Waals surface area contributed by atoms with Crippen LogP contribution in [0, 0.1) is 18.7 Å². The number of carbonyl (C=O) groups excluding carboxylic acids is 2. The molecule has 2 N–H and O–H groups in total. The Morgan fingerprint density at radius 2 is 2.04 bits per heavy atom. The molecule has 6 nitrogen and oxygen atoms in total. The topological polar surface area (TPSA) is 86.7 Å². The number of amides is 2. The van der Waals surface area contributed by atoms with Crippen LogP contribution in [0.1, 0.15) is 30.4 Å². The van der Waals surface area contributed by atoms with E-state index in [4.69, 9.17) is 0 Å². The second-order valence-corrected chi connectivity index (χ2v) is 6.93. The van der Waals surface area contributed by atoms with Crippen molar-refractivity contribution in [1.29, 1.82) is 0 Å². The van der Waals surface area contributed by atoms with Gasteiger partial charge in [-0.3, -0.25) is 14.4 Å². The number of halogens is 1. The van der Waals surface area contributed by atoms with Gasteiger partial charge < -0.3 is 15.3 Å². The van der Waals surface area contributed by atoms with E-state index in [1.165, 1.54) is 12.1 Å². The number of carboxylic acid groups (broad SMARTS) is 1. The summed E-state index contributed by atoms with van der Waals surface area (Å²) in [5.74, 6) is -2.35. The Balaban J connectivity index is 1.64. The first-order valence-corrected chi connectivity index (χ1v) is 8.37. The normalized spacial score (nSPS) is 22.1. The summed E-state index contributed by atoms with van der Waals surface area (Å²) < 4.78 is 13.2. The van der Waals surface area contributed by atoms with E-state index in [0.717, 1.165) is 11.1 Å². The molecule has 2 aliphatic heterocycles. The van der Waals surface area contributed by atoms with Crippen molar-refractivity contribution in [1.82, 2.24) is 10.2 Å². The fourth-order valence-corrected chi connectivity index (χ4v) is 3.88. The number of hydrogen-bond donors (Lipinski definition) is 2. The highest BCUT2D eigenvalue weighted by Gasteiger charge is 2.51. The molecule has 0 radical (unpaired) electrons. The molecule has 1 aromatic rings. The van der Waals surface area contributed by atoms with E-state index in [2.05, 4.69) is 5.32 Å². The van der Waals surface area contributed by atoms with Crippen LogP contribution >= 0.6 is 0 Å². The SMILES string of the molecule is Cc1cc(F)ccc1CC(=O)N1CCC2(CC1)NC(=O)C[C@H]2C(=O)O. The second-order valence-electron chi connectivity index (χ2n) is 6.93. The summed E-state index contributed by atoms with van der Waals surface area (Å²) in [6.45, 7) is 2.58. The van der Waals surface area contributed by atoms with E-state index < -0.39 is 17.4 Å². The molecule has 134 valence electrons. The van der Waals surface area contributed by atoms with Gasteiger partial charge in [-0.25, -0.2) is 4.39 Å². The van der Waals surface area contributed by atoms with Crippen molar-refractivity contribution >= 4 is 17.8 Å². The first-order valence-electron chi connectivity index (χ1n) is 8.37. The number of carboxylic acids is 1. The molecular weight excluding hydrogens is 327 g/mol. The Morgan fingerprint density at radius 3 is 2.64 bits per heavy atom. The molecule has 25 heavy (non-hydrogen) atoms. The number of aliphatic carboxylic acids is 1. The zero-order valence-corrected chi connectivity index (χ0v) is 14.0. The summed E-state index contributed by atoms with van der Waals surface area (Å²) in [5, 5.41) is 12.2. The predicted molar refractivity (Wildman–Crippen MR) is 87.3 cm³/mol. The van der Waals surface area contributed by atoms with E-state index in [1.807, 2.05) is 0 Å². The smallest absolute Gasteiger partial charge is 0.309 e. The van der Waals surface area contributed by atoms with E-state index in [-0.39, 0.29) is 30.5 Å². The Kier molecular flexibility index (Phi) is 4.49. The van der Waals surface area contributed by atoms with Crippen LogP contribution in [0.3, 0.4) is 0 Å². The molecule has 2 heterocycles. The molecule has 2 fully saturated rings. The number of hydrogen-bond acceptors (Lipinski definition) is 3. The van der Waals surface area contributed by atoms with Gasteiger partial charge in [-0.2, -0.15) is 0 Å². The van der Waals surface area contributed by atoms with Gasteiger partial charge in [0.25, 0.3) is 0 Å². The molecule has 1 aromatic carbocycles. The first-order chi connectivity index (χ1) is 11.8. The molecule has 0 aromatic heterocycles. The maximum Gasteiger partial charge on any atom is 0.309 e. The molecule has 2 amide bonds. The van der Waals surface area contributed by atoms with Crippen LogP contribution in [0.5, 0.6) is 0 Å². The lowest BCUT2D eigenvalue weighted by Gasteiger charge is -2.41. The quantitative estimate of drug-likeness (QED) is 0.861. The highest BCUT2D eigenvalue weighted by Crippen LogP contribution is 2.37. The molecule has 0 bridgehead atoms. The monoisotopic (exact) mass is 348 g/mol. The van der Waals surface area contributed by atoms with Gasteiger partial charge in [-0.1, -0.05) is 6.07 Å². The summed E-state index contributed by atoms with van der Waals surface area (Å²) in [4.78, 5) is 37.3. The maximum atomic E-state index is 13.2. The van der Waals surface area contributed by atoms with Crippen molar-refractivity contribution in [2.75, 3.05) is 13.1 Å². The third kappa shape index (κ3) is 3.36. The number of nitrogens with zero attached hydrogens (tertiary/aromatic N) is 1.